The van der Waals surface area contributed by atoms with E-state index in [1.54, 1.807) is 0 Å². The number of aromatic nitrogens is 2. The van der Waals surface area contributed by atoms with Crippen molar-refractivity contribution in [1.82, 2.24) is 9.78 Å². The Morgan fingerprint density at radius 2 is 2.13 bits per heavy atom. The van der Waals surface area contributed by atoms with Crippen LogP contribution in [0.1, 0.15) is 39.1 Å². The smallest absolute Gasteiger partial charge is 0.309 e. The molecule has 0 aliphatic carbocycles. The first-order chi connectivity index (χ1) is 6.84. The van der Waals surface area contributed by atoms with Crippen molar-refractivity contribution in [3.8, 4) is 0 Å². The van der Waals surface area contributed by atoms with Crippen molar-refractivity contribution in [2.24, 2.45) is 0 Å². The molecule has 4 heteroatoms. The minimum Gasteiger partial charge on any atom is -0.481 e. The van der Waals surface area contributed by atoms with E-state index in [0.717, 1.165) is 12.2 Å². The van der Waals surface area contributed by atoms with Crippen LogP contribution >= 0.6 is 0 Å². The molecule has 0 saturated heterocycles. The maximum Gasteiger partial charge on any atom is 0.309 e. The molecular formula is C11H18N2O2. The van der Waals surface area contributed by atoms with Crippen molar-refractivity contribution < 1.29 is 9.90 Å². The molecule has 15 heavy (non-hydrogen) atoms. The maximum absolute atomic E-state index is 10.6. The van der Waals surface area contributed by atoms with Gasteiger partial charge in [0.05, 0.1) is 12.1 Å². The zero-order valence-corrected chi connectivity index (χ0v) is 9.74. The summed E-state index contributed by atoms with van der Waals surface area (Å²) in [5.41, 5.74) is 1.72. The number of hydrogen-bond acceptors (Lipinski definition) is 2. The molecule has 84 valence electrons. The molecule has 1 aromatic heterocycles. The summed E-state index contributed by atoms with van der Waals surface area (Å²) in [5, 5.41) is 13.0. The molecule has 0 bridgehead atoms. The van der Waals surface area contributed by atoms with Gasteiger partial charge in [0.1, 0.15) is 0 Å². The Balaban J connectivity index is 3.06. The Labute approximate surface area is 89.9 Å². The summed E-state index contributed by atoms with van der Waals surface area (Å²) in [7, 11) is 0. The van der Waals surface area contributed by atoms with Crippen molar-refractivity contribution >= 4 is 5.97 Å². The zero-order valence-electron chi connectivity index (χ0n) is 9.74. The highest BCUT2D eigenvalue weighted by Gasteiger charge is 2.20. The van der Waals surface area contributed by atoms with Crippen molar-refractivity contribution in [3.63, 3.8) is 0 Å². The van der Waals surface area contributed by atoms with Gasteiger partial charge < -0.3 is 5.11 Å². The molecule has 0 aliphatic rings. The Morgan fingerprint density at radius 1 is 1.53 bits per heavy atom. The normalized spacial score (nSPS) is 11.7. The quantitative estimate of drug-likeness (QED) is 0.828. The van der Waals surface area contributed by atoms with Gasteiger partial charge in [-0.1, -0.05) is 20.8 Å². The highest BCUT2D eigenvalue weighted by Crippen LogP contribution is 2.23. The van der Waals surface area contributed by atoms with E-state index in [0.29, 0.717) is 5.69 Å². The third kappa shape index (κ3) is 2.81. The molecule has 0 saturated carbocycles. The minimum absolute atomic E-state index is 0.000235. The number of hydrogen-bond donors (Lipinski definition) is 1. The lowest BCUT2D eigenvalue weighted by Gasteiger charge is -2.19. The Kier molecular flexibility index (Phi) is 3.17. The summed E-state index contributed by atoms with van der Waals surface area (Å²) in [4.78, 5) is 10.6. The molecule has 4 nitrogen and oxygen atoms in total. The van der Waals surface area contributed by atoms with Crippen molar-refractivity contribution in [2.45, 2.75) is 46.1 Å². The highest BCUT2D eigenvalue weighted by atomic mass is 16.4. The van der Waals surface area contributed by atoms with E-state index in [4.69, 9.17) is 5.11 Å². The molecule has 1 aromatic rings. The molecule has 0 radical (unpaired) electrons. The Morgan fingerprint density at radius 3 is 2.47 bits per heavy atom. The zero-order chi connectivity index (χ0) is 11.6. The molecule has 1 N–H and O–H groups in total. The molecule has 1 heterocycles. The predicted molar refractivity (Wildman–Crippen MR) is 57.9 cm³/mol. The van der Waals surface area contributed by atoms with Crippen LogP contribution < -0.4 is 0 Å². The molecule has 0 unspecified atom stereocenters. The van der Waals surface area contributed by atoms with E-state index < -0.39 is 5.97 Å². The van der Waals surface area contributed by atoms with E-state index in [1.165, 1.54) is 0 Å². The Hall–Kier alpha value is -1.32. The van der Waals surface area contributed by atoms with Crippen LogP contribution in [0.4, 0.5) is 0 Å². The second-order valence-electron chi connectivity index (χ2n) is 4.66. The monoisotopic (exact) mass is 210 g/mol. The first kappa shape index (κ1) is 11.8. The molecular weight excluding hydrogens is 192 g/mol. The van der Waals surface area contributed by atoms with Gasteiger partial charge >= 0.3 is 5.97 Å². The predicted octanol–water partition coefficient (Wildman–Crippen LogP) is 1.83. The summed E-state index contributed by atoms with van der Waals surface area (Å²) >= 11 is 0. The van der Waals surface area contributed by atoms with Crippen molar-refractivity contribution in [3.05, 3.63) is 17.5 Å². The van der Waals surface area contributed by atoms with Gasteiger partial charge in [0, 0.05) is 17.7 Å². The van der Waals surface area contributed by atoms with Crippen molar-refractivity contribution in [2.75, 3.05) is 0 Å². The fourth-order valence-electron chi connectivity index (χ4n) is 1.56. The van der Waals surface area contributed by atoms with Gasteiger partial charge in [0.15, 0.2) is 0 Å². The van der Waals surface area contributed by atoms with Crippen LogP contribution in [0, 0.1) is 0 Å². The summed E-state index contributed by atoms with van der Waals surface area (Å²) in [6, 6.07) is 1.89. The van der Waals surface area contributed by atoms with Crippen molar-refractivity contribution in [1.29, 1.82) is 0 Å². The highest BCUT2D eigenvalue weighted by molar-refractivity contribution is 5.69. The van der Waals surface area contributed by atoms with Gasteiger partial charge in [-0.15, -0.1) is 0 Å². The molecule has 0 aliphatic heterocycles. The maximum atomic E-state index is 10.6. The van der Waals surface area contributed by atoms with E-state index in [-0.39, 0.29) is 11.8 Å². The molecule has 0 spiro atoms. The van der Waals surface area contributed by atoms with Gasteiger partial charge in [-0.05, 0) is 13.0 Å². The third-order valence-electron chi connectivity index (χ3n) is 2.23. The first-order valence-corrected chi connectivity index (χ1v) is 5.13. The van der Waals surface area contributed by atoms with Gasteiger partial charge in [-0.3, -0.25) is 9.48 Å². The van der Waals surface area contributed by atoms with E-state index in [9.17, 15) is 4.79 Å². The number of aryl methyl sites for hydroxylation is 1. The number of carboxylic acids is 1. The summed E-state index contributed by atoms with van der Waals surface area (Å²) in [6.45, 7) is 9.07. The molecule has 1 rings (SSSR count). The lowest BCUT2D eigenvalue weighted by atomic mass is 9.91. The van der Waals surface area contributed by atoms with E-state index in [1.807, 2.05) is 17.7 Å². The minimum atomic E-state index is -0.837. The van der Waals surface area contributed by atoms with Crippen LogP contribution in [0.15, 0.2) is 6.07 Å². The largest absolute Gasteiger partial charge is 0.481 e. The topological polar surface area (TPSA) is 55.1 Å². The van der Waals surface area contributed by atoms with Gasteiger partial charge in [-0.2, -0.15) is 5.10 Å². The Bertz CT molecular complexity index is 361. The van der Waals surface area contributed by atoms with Gasteiger partial charge in [0.25, 0.3) is 0 Å². The summed E-state index contributed by atoms with van der Waals surface area (Å²) < 4.78 is 1.87. The molecule has 0 fully saturated rings. The lowest BCUT2D eigenvalue weighted by Crippen LogP contribution is -2.17. The van der Waals surface area contributed by atoms with Crippen LogP contribution in [-0.4, -0.2) is 20.9 Å². The van der Waals surface area contributed by atoms with Crippen LogP contribution in [-0.2, 0) is 23.2 Å². The van der Waals surface area contributed by atoms with E-state index >= 15 is 0 Å². The standard InChI is InChI=1S/C11H18N2O2/c1-5-13-9(11(2,3)4)6-8(12-13)7-10(14)15/h6H,5,7H2,1-4H3,(H,14,15). The fraction of sp³-hybridized carbons (Fsp3) is 0.636. The lowest BCUT2D eigenvalue weighted by molar-refractivity contribution is -0.136. The second-order valence-corrected chi connectivity index (χ2v) is 4.66. The summed E-state index contributed by atoms with van der Waals surface area (Å²) in [5.74, 6) is -0.837. The third-order valence-corrected chi connectivity index (χ3v) is 2.23. The first-order valence-electron chi connectivity index (χ1n) is 5.13. The average Bonchev–Trinajstić information content (AvgIpc) is 2.45. The van der Waals surface area contributed by atoms with Crippen LogP contribution in [0.5, 0.6) is 0 Å². The van der Waals surface area contributed by atoms with Crippen LogP contribution in [0.25, 0.3) is 0 Å². The summed E-state index contributed by atoms with van der Waals surface area (Å²) in [6.07, 6.45) is -0.00389. The van der Waals surface area contributed by atoms with Crippen LogP contribution in [0.3, 0.4) is 0 Å². The second kappa shape index (κ2) is 4.04. The van der Waals surface area contributed by atoms with E-state index in [2.05, 4.69) is 25.9 Å². The number of nitrogens with zero attached hydrogens (tertiary/aromatic N) is 2. The SMILES string of the molecule is CCn1nc(CC(=O)O)cc1C(C)(C)C. The molecule has 0 atom stereocenters. The van der Waals surface area contributed by atoms with Gasteiger partial charge in [0.2, 0.25) is 0 Å². The number of carboxylic acid groups (broad SMARTS) is 1. The van der Waals surface area contributed by atoms with Crippen LogP contribution in [0.2, 0.25) is 0 Å². The molecule has 0 amide bonds. The fourth-order valence-corrected chi connectivity index (χ4v) is 1.56. The van der Waals surface area contributed by atoms with Gasteiger partial charge in [-0.25, -0.2) is 0 Å². The molecule has 0 aromatic carbocycles. The number of aliphatic carboxylic acids is 1. The number of rotatable bonds is 3. The average molecular weight is 210 g/mol. The number of carbonyl (C=O) groups is 1.